The van der Waals surface area contributed by atoms with E-state index in [0.29, 0.717) is 12.1 Å². The maximum atomic E-state index is 5.30. The molecular formula is C13H23N. The van der Waals surface area contributed by atoms with Crippen LogP contribution in [0, 0.1) is 24.2 Å². The maximum Gasteiger partial charge on any atom is 0.0238 e. The number of terminal acetylenes is 1. The second kappa shape index (κ2) is 5.41. The van der Waals surface area contributed by atoms with E-state index in [1.807, 2.05) is 0 Å². The van der Waals surface area contributed by atoms with Crippen molar-refractivity contribution in [1.29, 1.82) is 0 Å². The molecule has 0 radical (unpaired) electrons. The maximum absolute atomic E-state index is 5.30. The Hall–Kier alpha value is -0.480. The van der Waals surface area contributed by atoms with Gasteiger partial charge in [-0.25, -0.2) is 0 Å². The molecule has 1 saturated carbocycles. The fourth-order valence-electron chi connectivity index (χ4n) is 2.51. The van der Waals surface area contributed by atoms with Gasteiger partial charge < -0.3 is 5.32 Å². The summed E-state index contributed by atoms with van der Waals surface area (Å²) in [5, 5.41) is 3.65. The highest BCUT2D eigenvalue weighted by Gasteiger charge is 2.25. The molecular weight excluding hydrogens is 170 g/mol. The number of rotatable bonds is 3. The van der Waals surface area contributed by atoms with Crippen molar-refractivity contribution >= 4 is 0 Å². The normalized spacial score (nSPS) is 34.9. The van der Waals surface area contributed by atoms with Crippen LogP contribution in [0.15, 0.2) is 0 Å². The van der Waals surface area contributed by atoms with Gasteiger partial charge in [0.25, 0.3) is 0 Å². The lowest BCUT2D eigenvalue weighted by molar-refractivity contribution is 0.216. The van der Waals surface area contributed by atoms with Crippen molar-refractivity contribution in [3.63, 3.8) is 0 Å². The lowest BCUT2D eigenvalue weighted by Crippen LogP contribution is -2.43. The van der Waals surface area contributed by atoms with Crippen LogP contribution in [-0.4, -0.2) is 12.1 Å². The van der Waals surface area contributed by atoms with Crippen LogP contribution in [0.25, 0.3) is 0 Å². The molecule has 4 unspecified atom stereocenters. The Labute approximate surface area is 88.7 Å². The second-order valence-corrected chi connectivity index (χ2v) is 4.98. The Bertz CT molecular complexity index is 204. The molecule has 0 aromatic heterocycles. The summed E-state index contributed by atoms with van der Waals surface area (Å²) in [7, 11) is 0. The highest BCUT2D eigenvalue weighted by Crippen LogP contribution is 2.28. The van der Waals surface area contributed by atoms with Gasteiger partial charge in [-0.1, -0.05) is 13.8 Å². The number of hydrogen-bond acceptors (Lipinski definition) is 1. The average Bonchev–Trinajstić information content (AvgIpc) is 2.10. The van der Waals surface area contributed by atoms with Crippen molar-refractivity contribution in [2.24, 2.45) is 11.8 Å². The molecule has 0 aliphatic heterocycles. The summed E-state index contributed by atoms with van der Waals surface area (Å²) in [4.78, 5) is 0. The molecule has 0 bridgehead atoms. The topological polar surface area (TPSA) is 12.0 Å². The largest absolute Gasteiger partial charge is 0.310 e. The SMILES string of the molecule is C#CCC(C)NC1CCC(C)CC1C. The fourth-order valence-corrected chi connectivity index (χ4v) is 2.51. The standard InChI is InChI=1S/C13H23N/c1-5-6-12(4)14-13-8-7-10(2)9-11(13)3/h1,10-14H,6-9H2,2-4H3. The van der Waals surface area contributed by atoms with Crippen molar-refractivity contribution < 1.29 is 0 Å². The van der Waals surface area contributed by atoms with E-state index in [-0.39, 0.29) is 0 Å². The van der Waals surface area contributed by atoms with Gasteiger partial charge in [-0.2, -0.15) is 0 Å². The van der Waals surface area contributed by atoms with Gasteiger partial charge in [0.1, 0.15) is 0 Å². The molecule has 0 heterocycles. The second-order valence-electron chi connectivity index (χ2n) is 4.98. The van der Waals surface area contributed by atoms with E-state index < -0.39 is 0 Å². The summed E-state index contributed by atoms with van der Waals surface area (Å²) in [5.74, 6) is 4.43. The monoisotopic (exact) mass is 193 g/mol. The molecule has 0 aromatic rings. The van der Waals surface area contributed by atoms with Gasteiger partial charge in [0.15, 0.2) is 0 Å². The molecule has 1 aliphatic carbocycles. The number of nitrogens with one attached hydrogen (secondary N) is 1. The van der Waals surface area contributed by atoms with Crippen molar-refractivity contribution in [3.05, 3.63) is 0 Å². The molecule has 1 aliphatic rings. The third-order valence-corrected chi connectivity index (χ3v) is 3.35. The molecule has 0 spiro atoms. The molecule has 0 amide bonds. The van der Waals surface area contributed by atoms with Gasteiger partial charge in [0, 0.05) is 18.5 Å². The van der Waals surface area contributed by atoms with Gasteiger partial charge >= 0.3 is 0 Å². The molecule has 1 N–H and O–H groups in total. The molecule has 1 nitrogen and oxygen atoms in total. The van der Waals surface area contributed by atoms with Crippen LogP contribution in [0.1, 0.15) is 46.5 Å². The number of hydrogen-bond donors (Lipinski definition) is 1. The quantitative estimate of drug-likeness (QED) is 0.680. The average molecular weight is 193 g/mol. The first-order chi connectivity index (χ1) is 6.63. The zero-order chi connectivity index (χ0) is 10.6. The van der Waals surface area contributed by atoms with E-state index in [0.717, 1.165) is 18.3 Å². The summed E-state index contributed by atoms with van der Waals surface area (Å²) >= 11 is 0. The lowest BCUT2D eigenvalue weighted by Gasteiger charge is -2.34. The van der Waals surface area contributed by atoms with Crippen molar-refractivity contribution in [1.82, 2.24) is 5.32 Å². The highest BCUT2D eigenvalue weighted by molar-refractivity contribution is 4.90. The molecule has 4 atom stereocenters. The van der Waals surface area contributed by atoms with E-state index in [4.69, 9.17) is 6.42 Å². The summed E-state index contributed by atoms with van der Waals surface area (Å²) in [6.07, 6.45) is 10.2. The molecule has 80 valence electrons. The minimum absolute atomic E-state index is 0.473. The van der Waals surface area contributed by atoms with Crippen molar-refractivity contribution in [3.8, 4) is 12.3 Å². The van der Waals surface area contributed by atoms with Crippen LogP contribution < -0.4 is 5.32 Å². The first kappa shape index (κ1) is 11.6. The molecule has 1 fully saturated rings. The van der Waals surface area contributed by atoms with Crippen LogP contribution in [0.4, 0.5) is 0 Å². The smallest absolute Gasteiger partial charge is 0.0238 e. The fraction of sp³-hybridized carbons (Fsp3) is 0.846. The van der Waals surface area contributed by atoms with Crippen LogP contribution >= 0.6 is 0 Å². The Morgan fingerprint density at radius 3 is 2.71 bits per heavy atom. The van der Waals surface area contributed by atoms with Gasteiger partial charge in [0.2, 0.25) is 0 Å². The first-order valence-electron chi connectivity index (χ1n) is 5.83. The molecule has 1 rings (SSSR count). The van der Waals surface area contributed by atoms with Crippen LogP contribution in [0.3, 0.4) is 0 Å². The minimum Gasteiger partial charge on any atom is -0.310 e. The van der Waals surface area contributed by atoms with Crippen molar-refractivity contribution in [2.75, 3.05) is 0 Å². The predicted molar refractivity (Wildman–Crippen MR) is 62.0 cm³/mol. The van der Waals surface area contributed by atoms with E-state index >= 15 is 0 Å². The van der Waals surface area contributed by atoms with Crippen LogP contribution in [-0.2, 0) is 0 Å². The van der Waals surface area contributed by atoms with Gasteiger partial charge in [-0.15, -0.1) is 12.3 Å². The van der Waals surface area contributed by atoms with Gasteiger partial charge in [-0.3, -0.25) is 0 Å². The summed E-state index contributed by atoms with van der Waals surface area (Å²) in [6.45, 7) is 6.90. The Kier molecular flexibility index (Phi) is 4.48. The zero-order valence-corrected chi connectivity index (χ0v) is 9.72. The van der Waals surface area contributed by atoms with E-state index in [2.05, 4.69) is 32.0 Å². The molecule has 14 heavy (non-hydrogen) atoms. The summed E-state index contributed by atoms with van der Waals surface area (Å²) in [5.41, 5.74) is 0. The lowest BCUT2D eigenvalue weighted by atomic mass is 9.79. The first-order valence-corrected chi connectivity index (χ1v) is 5.83. The van der Waals surface area contributed by atoms with Gasteiger partial charge in [-0.05, 0) is 38.0 Å². The third kappa shape index (κ3) is 3.35. The van der Waals surface area contributed by atoms with Gasteiger partial charge in [0.05, 0.1) is 0 Å². The predicted octanol–water partition coefficient (Wildman–Crippen LogP) is 2.81. The summed E-state index contributed by atoms with van der Waals surface area (Å²) < 4.78 is 0. The Morgan fingerprint density at radius 2 is 2.14 bits per heavy atom. The van der Waals surface area contributed by atoms with Crippen LogP contribution in [0.2, 0.25) is 0 Å². The molecule has 0 aromatic carbocycles. The third-order valence-electron chi connectivity index (χ3n) is 3.35. The van der Waals surface area contributed by atoms with E-state index in [1.165, 1.54) is 19.3 Å². The van der Waals surface area contributed by atoms with E-state index in [9.17, 15) is 0 Å². The minimum atomic E-state index is 0.473. The van der Waals surface area contributed by atoms with Crippen molar-refractivity contribution in [2.45, 2.75) is 58.5 Å². The van der Waals surface area contributed by atoms with Crippen LogP contribution in [0.5, 0.6) is 0 Å². The summed E-state index contributed by atoms with van der Waals surface area (Å²) in [6, 6.07) is 1.16. The van der Waals surface area contributed by atoms with E-state index in [1.54, 1.807) is 0 Å². The highest BCUT2D eigenvalue weighted by atomic mass is 14.9. The Morgan fingerprint density at radius 1 is 1.43 bits per heavy atom. The molecule has 1 heteroatoms. The zero-order valence-electron chi connectivity index (χ0n) is 9.72. The molecule has 0 saturated heterocycles. The Balaban J connectivity index is 2.34.